The fourth-order valence-electron chi connectivity index (χ4n) is 2.10. The van der Waals surface area contributed by atoms with E-state index in [2.05, 4.69) is 0 Å². The first kappa shape index (κ1) is 15.1. The van der Waals surface area contributed by atoms with E-state index in [9.17, 15) is 14.4 Å². The lowest BCUT2D eigenvalue weighted by atomic mass is 10.1. The highest BCUT2D eigenvalue weighted by atomic mass is 32.2. The topological polar surface area (TPSA) is 87.5 Å². The van der Waals surface area contributed by atoms with Crippen LogP contribution in [0.2, 0.25) is 0 Å². The Hall–Kier alpha value is -2.33. The van der Waals surface area contributed by atoms with Gasteiger partial charge in [0.25, 0.3) is 11.8 Å². The Morgan fingerprint density at radius 3 is 2.38 bits per heavy atom. The average molecular weight is 304 g/mol. The first-order valence-electron chi connectivity index (χ1n) is 6.18. The molecular formula is C14H12N2O4S. The zero-order valence-corrected chi connectivity index (χ0v) is 12.1. The van der Waals surface area contributed by atoms with Gasteiger partial charge in [0.2, 0.25) is 0 Å². The second-order valence-electron chi connectivity index (χ2n) is 4.40. The predicted molar refractivity (Wildman–Crippen MR) is 75.4 cm³/mol. The molecule has 0 saturated carbocycles. The van der Waals surface area contributed by atoms with Gasteiger partial charge in [0.05, 0.1) is 17.7 Å². The van der Waals surface area contributed by atoms with Crippen LogP contribution < -0.4 is 0 Å². The number of carbonyl (C=O) groups excluding carboxylic acids is 3. The third kappa shape index (κ3) is 3.23. The number of fused-ring (bicyclic) bond motifs is 1. The molecule has 0 N–H and O–H groups in total. The second-order valence-corrected chi connectivity index (χ2v) is 5.20. The molecule has 1 aliphatic rings. The Bertz CT molecular complexity index is 603. The highest BCUT2D eigenvalue weighted by molar-refractivity contribution is 8.03. The number of nitrogens with zero attached hydrogens (tertiary/aromatic N) is 2. The van der Waals surface area contributed by atoms with E-state index in [-0.39, 0.29) is 12.3 Å². The largest absolute Gasteiger partial charge is 0.460 e. The SMILES string of the molecule is CC(=O)OC(CSC#N)CN1C(=O)c2ccccc2C1=O. The molecule has 6 nitrogen and oxygen atoms in total. The minimum atomic E-state index is -0.700. The maximum Gasteiger partial charge on any atom is 0.302 e. The maximum absolute atomic E-state index is 12.2. The van der Waals surface area contributed by atoms with Crippen molar-refractivity contribution in [3.63, 3.8) is 0 Å². The van der Waals surface area contributed by atoms with Gasteiger partial charge < -0.3 is 4.74 Å². The lowest BCUT2D eigenvalue weighted by molar-refractivity contribution is -0.145. The van der Waals surface area contributed by atoms with Crippen LogP contribution in [-0.2, 0) is 9.53 Å². The molecule has 1 unspecified atom stereocenters. The molecule has 1 aromatic rings. The number of carbonyl (C=O) groups is 3. The summed E-state index contributed by atoms with van der Waals surface area (Å²) in [6, 6.07) is 6.53. The van der Waals surface area contributed by atoms with Gasteiger partial charge in [-0.3, -0.25) is 19.3 Å². The van der Waals surface area contributed by atoms with E-state index in [1.807, 2.05) is 5.40 Å². The van der Waals surface area contributed by atoms with Crippen molar-refractivity contribution >= 4 is 29.5 Å². The molecule has 0 saturated heterocycles. The van der Waals surface area contributed by atoms with Crippen molar-refractivity contribution in [2.45, 2.75) is 13.0 Å². The van der Waals surface area contributed by atoms with Crippen molar-refractivity contribution in [1.82, 2.24) is 4.90 Å². The fraction of sp³-hybridized carbons (Fsp3) is 0.286. The van der Waals surface area contributed by atoms with Gasteiger partial charge >= 0.3 is 5.97 Å². The Balaban J connectivity index is 2.15. The van der Waals surface area contributed by atoms with Crippen LogP contribution in [0.15, 0.2) is 24.3 Å². The summed E-state index contributed by atoms with van der Waals surface area (Å²) >= 11 is 0.907. The standard InChI is InChI=1S/C14H12N2O4S/c1-9(17)20-10(7-21-8-15)6-16-13(18)11-4-2-3-5-12(11)14(16)19/h2-5,10H,6-7H2,1H3. The van der Waals surface area contributed by atoms with E-state index >= 15 is 0 Å². The van der Waals surface area contributed by atoms with Gasteiger partial charge in [0.15, 0.2) is 0 Å². The van der Waals surface area contributed by atoms with E-state index < -0.39 is 23.9 Å². The smallest absolute Gasteiger partial charge is 0.302 e. The summed E-state index contributed by atoms with van der Waals surface area (Å²) in [5.41, 5.74) is 0.689. The quantitative estimate of drug-likeness (QED) is 0.464. The molecule has 1 atom stereocenters. The van der Waals surface area contributed by atoms with Crippen molar-refractivity contribution in [3.8, 4) is 5.40 Å². The van der Waals surface area contributed by atoms with Crippen LogP contribution in [0.4, 0.5) is 0 Å². The number of hydrogen-bond acceptors (Lipinski definition) is 6. The van der Waals surface area contributed by atoms with Gasteiger partial charge in [-0.05, 0) is 23.9 Å². The molecule has 0 spiro atoms. The zero-order valence-electron chi connectivity index (χ0n) is 11.2. The Labute approximate surface area is 125 Å². The molecule has 108 valence electrons. The highest BCUT2D eigenvalue weighted by Crippen LogP contribution is 2.23. The molecular weight excluding hydrogens is 292 g/mol. The van der Waals surface area contributed by atoms with Crippen LogP contribution in [-0.4, -0.2) is 41.1 Å². The van der Waals surface area contributed by atoms with Crippen molar-refractivity contribution in [2.24, 2.45) is 0 Å². The van der Waals surface area contributed by atoms with Gasteiger partial charge in [0.1, 0.15) is 11.5 Å². The number of benzene rings is 1. The van der Waals surface area contributed by atoms with Crippen molar-refractivity contribution < 1.29 is 19.1 Å². The first-order valence-corrected chi connectivity index (χ1v) is 7.16. The molecule has 0 aromatic heterocycles. The number of nitriles is 1. The van der Waals surface area contributed by atoms with Crippen molar-refractivity contribution in [1.29, 1.82) is 5.26 Å². The summed E-state index contributed by atoms with van der Waals surface area (Å²) in [6.07, 6.45) is -0.700. The minimum absolute atomic E-state index is 0.0550. The molecule has 1 aliphatic heterocycles. The summed E-state index contributed by atoms with van der Waals surface area (Å²) in [5, 5.41) is 10.5. The molecule has 21 heavy (non-hydrogen) atoms. The lowest BCUT2D eigenvalue weighted by Crippen LogP contribution is -2.39. The number of thioether (sulfide) groups is 1. The fourth-order valence-corrected chi connectivity index (χ4v) is 2.53. The van der Waals surface area contributed by atoms with Crippen LogP contribution in [0.1, 0.15) is 27.6 Å². The molecule has 2 amide bonds. The zero-order chi connectivity index (χ0) is 15.4. The lowest BCUT2D eigenvalue weighted by Gasteiger charge is -2.21. The Morgan fingerprint density at radius 1 is 1.33 bits per heavy atom. The maximum atomic E-state index is 12.2. The van der Waals surface area contributed by atoms with Crippen LogP contribution in [0, 0.1) is 10.7 Å². The molecule has 0 aliphatic carbocycles. The minimum Gasteiger partial charge on any atom is -0.460 e. The summed E-state index contributed by atoms with van der Waals surface area (Å²) in [5.74, 6) is -1.14. The van der Waals surface area contributed by atoms with Crippen molar-refractivity contribution in [3.05, 3.63) is 35.4 Å². The van der Waals surface area contributed by atoms with Gasteiger partial charge in [-0.1, -0.05) is 12.1 Å². The third-order valence-corrected chi connectivity index (χ3v) is 3.60. The number of thiocyanates is 1. The van der Waals surface area contributed by atoms with Gasteiger partial charge in [0, 0.05) is 12.7 Å². The molecule has 0 fully saturated rings. The number of rotatable bonds is 5. The van der Waals surface area contributed by atoms with E-state index in [1.165, 1.54) is 6.92 Å². The van der Waals surface area contributed by atoms with Crippen LogP contribution in [0.25, 0.3) is 0 Å². The second kappa shape index (κ2) is 6.41. The molecule has 2 rings (SSSR count). The summed E-state index contributed by atoms with van der Waals surface area (Å²) in [6.45, 7) is 1.19. The number of esters is 1. The van der Waals surface area contributed by atoms with Crippen LogP contribution in [0.3, 0.4) is 0 Å². The van der Waals surface area contributed by atoms with Crippen LogP contribution >= 0.6 is 11.8 Å². The molecule has 7 heteroatoms. The van der Waals surface area contributed by atoms with Gasteiger partial charge in [-0.25, -0.2) is 0 Å². The monoisotopic (exact) mass is 304 g/mol. The molecule has 1 heterocycles. The normalized spacial score (nSPS) is 14.6. The summed E-state index contributed by atoms with van der Waals surface area (Å²) in [4.78, 5) is 36.5. The van der Waals surface area contributed by atoms with Gasteiger partial charge in [-0.15, -0.1) is 0 Å². The first-order chi connectivity index (χ1) is 10.0. The van der Waals surface area contributed by atoms with Gasteiger partial charge in [-0.2, -0.15) is 5.26 Å². The van der Waals surface area contributed by atoms with E-state index in [1.54, 1.807) is 24.3 Å². The average Bonchev–Trinajstić information content (AvgIpc) is 2.70. The van der Waals surface area contributed by atoms with Crippen molar-refractivity contribution in [2.75, 3.05) is 12.3 Å². The predicted octanol–water partition coefficient (Wildman–Crippen LogP) is 1.43. The Morgan fingerprint density at radius 2 is 1.90 bits per heavy atom. The molecule has 0 radical (unpaired) electrons. The molecule has 1 aromatic carbocycles. The third-order valence-electron chi connectivity index (χ3n) is 2.93. The van der Waals surface area contributed by atoms with E-state index in [0.717, 1.165) is 16.7 Å². The summed E-state index contributed by atoms with van der Waals surface area (Å²) in [7, 11) is 0. The van der Waals surface area contributed by atoms with E-state index in [0.29, 0.717) is 11.1 Å². The number of imide groups is 1. The van der Waals surface area contributed by atoms with Crippen LogP contribution in [0.5, 0.6) is 0 Å². The number of ether oxygens (including phenoxy) is 1. The number of amides is 2. The Kier molecular flexibility index (Phi) is 4.60. The molecule has 0 bridgehead atoms. The number of hydrogen-bond donors (Lipinski definition) is 0. The highest BCUT2D eigenvalue weighted by Gasteiger charge is 2.36. The van der Waals surface area contributed by atoms with E-state index in [4.69, 9.17) is 10.00 Å². The summed E-state index contributed by atoms with van der Waals surface area (Å²) < 4.78 is 5.05.